The number of amides is 1. The van der Waals surface area contributed by atoms with Gasteiger partial charge in [-0.2, -0.15) is 0 Å². The van der Waals surface area contributed by atoms with Crippen LogP contribution in [0.25, 0.3) is 0 Å². The fraction of sp³-hybridized carbons (Fsp3) is 0.526. The predicted octanol–water partition coefficient (Wildman–Crippen LogP) is 2.91. The molecule has 0 radical (unpaired) electrons. The Kier molecular flexibility index (Phi) is 4.34. The van der Waals surface area contributed by atoms with Crippen molar-refractivity contribution in [3.05, 3.63) is 47.0 Å². The lowest BCUT2D eigenvalue weighted by atomic mass is 9.74. The van der Waals surface area contributed by atoms with Crippen molar-refractivity contribution >= 4 is 5.91 Å². The second kappa shape index (κ2) is 6.25. The molecule has 0 aliphatic carbocycles. The summed E-state index contributed by atoms with van der Waals surface area (Å²) in [7, 11) is 0. The average molecular weight is 298 g/mol. The number of piperidine rings is 1. The minimum absolute atomic E-state index is 0.241. The second-order valence-corrected chi connectivity index (χ2v) is 7.03. The van der Waals surface area contributed by atoms with Crippen LogP contribution in [-0.2, 0) is 17.8 Å². The minimum atomic E-state index is -0.250. The highest BCUT2D eigenvalue weighted by atomic mass is 16.2. The average Bonchev–Trinajstić information content (AvgIpc) is 2.64. The number of carbonyl (C=O) groups is 1. The largest absolute Gasteiger partial charge is 0.351 e. The summed E-state index contributed by atoms with van der Waals surface area (Å²) in [5.74, 6) is 0.241. The first-order chi connectivity index (χ1) is 10.6. The van der Waals surface area contributed by atoms with Gasteiger partial charge in [0.1, 0.15) is 0 Å². The Bertz CT molecular complexity index is 589. The van der Waals surface area contributed by atoms with Crippen LogP contribution >= 0.6 is 0 Å². The molecule has 2 aliphatic rings. The van der Waals surface area contributed by atoms with Gasteiger partial charge in [0.15, 0.2) is 0 Å². The smallest absolute Gasteiger partial charge is 0.228 e. The number of nitrogens with zero attached hydrogens (tertiary/aromatic N) is 1. The van der Waals surface area contributed by atoms with E-state index in [0.717, 1.165) is 38.9 Å². The number of carbonyl (C=O) groups excluding carboxylic acids is 1. The van der Waals surface area contributed by atoms with Gasteiger partial charge >= 0.3 is 0 Å². The Morgan fingerprint density at radius 2 is 2.09 bits per heavy atom. The van der Waals surface area contributed by atoms with Gasteiger partial charge in [0.05, 0.1) is 5.41 Å². The summed E-state index contributed by atoms with van der Waals surface area (Å²) in [5.41, 5.74) is 3.70. The van der Waals surface area contributed by atoms with Crippen LogP contribution in [0.1, 0.15) is 37.8 Å². The van der Waals surface area contributed by atoms with Crippen molar-refractivity contribution < 1.29 is 4.79 Å². The second-order valence-electron chi connectivity index (χ2n) is 7.03. The number of hydrogen-bond donors (Lipinski definition) is 1. The topological polar surface area (TPSA) is 32.3 Å². The molecule has 1 amide bonds. The Labute approximate surface area is 133 Å². The highest BCUT2D eigenvalue weighted by Gasteiger charge is 2.43. The maximum Gasteiger partial charge on any atom is 0.228 e. The summed E-state index contributed by atoms with van der Waals surface area (Å²) < 4.78 is 0. The quantitative estimate of drug-likeness (QED) is 0.852. The number of rotatable bonds is 2. The molecule has 1 N–H and O–H groups in total. The zero-order valence-electron chi connectivity index (χ0n) is 13.7. The molecular weight excluding hydrogens is 272 g/mol. The molecule has 1 atom stereocenters. The Balaban J connectivity index is 1.84. The van der Waals surface area contributed by atoms with Crippen LogP contribution in [0, 0.1) is 5.41 Å². The molecule has 3 rings (SSSR count). The van der Waals surface area contributed by atoms with Crippen LogP contribution in [0.15, 0.2) is 35.9 Å². The van der Waals surface area contributed by atoms with Crippen LogP contribution < -0.4 is 5.32 Å². The van der Waals surface area contributed by atoms with Gasteiger partial charge < -0.3 is 5.32 Å². The van der Waals surface area contributed by atoms with Crippen molar-refractivity contribution in [3.63, 3.8) is 0 Å². The maximum atomic E-state index is 12.8. The third-order valence-corrected chi connectivity index (χ3v) is 4.98. The number of allylic oxidation sites excluding steroid dienone is 1. The number of hydrogen-bond acceptors (Lipinski definition) is 2. The van der Waals surface area contributed by atoms with Crippen molar-refractivity contribution in [3.8, 4) is 0 Å². The predicted molar refractivity (Wildman–Crippen MR) is 89.5 cm³/mol. The van der Waals surface area contributed by atoms with Crippen molar-refractivity contribution in [2.45, 2.75) is 39.7 Å². The van der Waals surface area contributed by atoms with E-state index in [9.17, 15) is 4.79 Å². The molecule has 2 aliphatic heterocycles. The molecule has 1 saturated heterocycles. The minimum Gasteiger partial charge on any atom is -0.351 e. The molecule has 1 aromatic rings. The summed E-state index contributed by atoms with van der Waals surface area (Å²) in [4.78, 5) is 15.2. The SMILES string of the molecule is CC(C)=CCN1CCCC2(Cc3ccccc3CNC2=O)C1. The van der Waals surface area contributed by atoms with Crippen LogP contribution in [0.4, 0.5) is 0 Å². The first-order valence-electron chi connectivity index (χ1n) is 8.30. The highest BCUT2D eigenvalue weighted by molar-refractivity contribution is 5.84. The summed E-state index contributed by atoms with van der Waals surface area (Å²) in [5, 5.41) is 3.17. The van der Waals surface area contributed by atoms with E-state index in [1.54, 1.807) is 0 Å². The lowest BCUT2D eigenvalue weighted by molar-refractivity contribution is -0.134. The summed E-state index contributed by atoms with van der Waals surface area (Å²) >= 11 is 0. The fourth-order valence-corrected chi connectivity index (χ4v) is 3.73. The lowest BCUT2D eigenvalue weighted by Gasteiger charge is -2.40. The number of benzene rings is 1. The van der Waals surface area contributed by atoms with Crippen molar-refractivity contribution in [2.75, 3.05) is 19.6 Å². The van der Waals surface area contributed by atoms with Gasteiger partial charge in [0, 0.05) is 19.6 Å². The molecule has 3 heteroatoms. The van der Waals surface area contributed by atoms with Gasteiger partial charge in [-0.05, 0) is 50.8 Å². The van der Waals surface area contributed by atoms with Crippen LogP contribution in [0.3, 0.4) is 0 Å². The van der Waals surface area contributed by atoms with Gasteiger partial charge in [-0.3, -0.25) is 9.69 Å². The van der Waals surface area contributed by atoms with E-state index >= 15 is 0 Å². The maximum absolute atomic E-state index is 12.8. The molecule has 0 bridgehead atoms. The Hall–Kier alpha value is -1.61. The zero-order valence-corrected chi connectivity index (χ0v) is 13.7. The van der Waals surface area contributed by atoms with Gasteiger partial charge in [0.2, 0.25) is 5.91 Å². The van der Waals surface area contributed by atoms with Crippen molar-refractivity contribution in [1.29, 1.82) is 0 Å². The van der Waals surface area contributed by atoms with E-state index in [-0.39, 0.29) is 11.3 Å². The van der Waals surface area contributed by atoms with Gasteiger partial charge in [-0.1, -0.05) is 35.9 Å². The summed E-state index contributed by atoms with van der Waals surface area (Å²) in [6, 6.07) is 8.47. The first-order valence-corrected chi connectivity index (χ1v) is 8.30. The third kappa shape index (κ3) is 3.09. The van der Waals surface area contributed by atoms with Crippen molar-refractivity contribution in [2.24, 2.45) is 5.41 Å². The molecule has 1 spiro atoms. The third-order valence-electron chi connectivity index (χ3n) is 4.98. The van der Waals surface area contributed by atoms with Gasteiger partial charge in [0.25, 0.3) is 0 Å². The molecule has 1 fully saturated rings. The standard InChI is InChI=1S/C19H26N2O/c1-15(2)8-11-21-10-5-9-19(14-21)12-16-6-3-4-7-17(16)13-20-18(19)22/h3-4,6-8H,5,9-14H2,1-2H3,(H,20,22). The van der Waals surface area contributed by atoms with E-state index in [1.807, 2.05) is 0 Å². The molecule has 1 aromatic carbocycles. The van der Waals surface area contributed by atoms with Crippen LogP contribution in [0.2, 0.25) is 0 Å². The zero-order chi connectivity index (χ0) is 15.6. The number of likely N-dealkylation sites (tertiary alicyclic amines) is 1. The Morgan fingerprint density at radius 1 is 1.32 bits per heavy atom. The summed E-state index contributed by atoms with van der Waals surface area (Å²) in [6.07, 6.45) is 5.24. The molecule has 0 aromatic heterocycles. The van der Waals surface area contributed by atoms with Crippen LogP contribution in [0.5, 0.6) is 0 Å². The Morgan fingerprint density at radius 3 is 2.86 bits per heavy atom. The fourth-order valence-electron chi connectivity index (χ4n) is 3.73. The molecular formula is C19H26N2O. The normalized spacial score (nSPS) is 25.3. The van der Waals surface area contributed by atoms with Gasteiger partial charge in [-0.25, -0.2) is 0 Å². The molecule has 0 saturated carbocycles. The molecule has 22 heavy (non-hydrogen) atoms. The highest BCUT2D eigenvalue weighted by Crippen LogP contribution is 2.36. The number of fused-ring (bicyclic) bond motifs is 1. The lowest BCUT2D eigenvalue weighted by Crippen LogP contribution is -2.52. The van der Waals surface area contributed by atoms with E-state index in [2.05, 4.69) is 54.4 Å². The van der Waals surface area contributed by atoms with E-state index in [0.29, 0.717) is 6.54 Å². The first kappa shape index (κ1) is 15.3. The van der Waals surface area contributed by atoms with Gasteiger partial charge in [-0.15, -0.1) is 0 Å². The van der Waals surface area contributed by atoms with Crippen molar-refractivity contribution in [1.82, 2.24) is 10.2 Å². The molecule has 1 unspecified atom stereocenters. The van der Waals surface area contributed by atoms with E-state index in [4.69, 9.17) is 0 Å². The van der Waals surface area contributed by atoms with Crippen LogP contribution in [-0.4, -0.2) is 30.4 Å². The van der Waals surface area contributed by atoms with E-state index in [1.165, 1.54) is 16.7 Å². The summed E-state index contributed by atoms with van der Waals surface area (Å²) in [6.45, 7) is 7.86. The monoisotopic (exact) mass is 298 g/mol. The molecule has 2 heterocycles. The number of nitrogens with one attached hydrogen (secondary N) is 1. The molecule has 3 nitrogen and oxygen atoms in total. The molecule has 118 valence electrons. The van der Waals surface area contributed by atoms with E-state index < -0.39 is 0 Å².